The van der Waals surface area contributed by atoms with Crippen molar-refractivity contribution in [1.29, 1.82) is 0 Å². The standard InChI is InChI=1S/C31H37N5O3/c1-3-4-5-11-19-32-20-21-35-27-18-10-9-17-26(27)28(24-14-7-6-8-15-24)36(39)29(30(35)37)34-31(38)33-25-16-12-13-23(2)22-25/h6-10,12-18,20,22,28-29,36H,3-5,11,19,21H2,1-2H3,(H2,33,34,38). The number of carbonyl (C=O) groups is 2. The van der Waals surface area contributed by atoms with E-state index in [1.54, 1.807) is 17.2 Å². The number of carbonyl (C=O) groups excluding carboxylic acids is 2. The fraction of sp³-hybridized carbons (Fsp3) is 0.323. The van der Waals surface area contributed by atoms with Gasteiger partial charge in [0.2, 0.25) is 6.17 Å². The Morgan fingerprint density at radius 1 is 1.03 bits per heavy atom. The normalized spacial score (nSPS) is 19.0. The van der Waals surface area contributed by atoms with Gasteiger partial charge in [-0.15, -0.1) is 0 Å². The third-order valence-electron chi connectivity index (χ3n) is 6.84. The highest BCUT2D eigenvalue weighted by Crippen LogP contribution is 2.31. The van der Waals surface area contributed by atoms with Crippen LogP contribution in [0.1, 0.15) is 55.3 Å². The average Bonchev–Trinajstić information content (AvgIpc) is 3.01. The van der Waals surface area contributed by atoms with Gasteiger partial charge in [-0.2, -0.15) is 0 Å². The predicted molar refractivity (Wildman–Crippen MR) is 156 cm³/mol. The summed E-state index contributed by atoms with van der Waals surface area (Å²) in [6.45, 7) is 4.99. The Labute approximate surface area is 230 Å². The van der Waals surface area contributed by atoms with Gasteiger partial charge in [0.15, 0.2) is 0 Å². The van der Waals surface area contributed by atoms with E-state index in [-0.39, 0.29) is 11.6 Å². The highest BCUT2D eigenvalue weighted by molar-refractivity contribution is 6.02. The van der Waals surface area contributed by atoms with Crippen molar-refractivity contribution in [3.63, 3.8) is 0 Å². The quantitative estimate of drug-likeness (QED) is 0.204. The minimum atomic E-state index is -1.37. The van der Waals surface area contributed by atoms with Crippen molar-refractivity contribution < 1.29 is 14.7 Å². The lowest BCUT2D eigenvalue weighted by molar-refractivity contribution is -0.893. The van der Waals surface area contributed by atoms with Gasteiger partial charge in [0.25, 0.3) is 0 Å². The van der Waals surface area contributed by atoms with Crippen molar-refractivity contribution in [1.82, 2.24) is 5.32 Å². The van der Waals surface area contributed by atoms with E-state index in [0.717, 1.165) is 36.0 Å². The molecular formula is C31H37N5O3. The maximum Gasteiger partial charge on any atom is 0.324 e. The number of unbranched alkanes of at least 4 members (excludes halogenated alkanes) is 3. The van der Waals surface area contributed by atoms with Gasteiger partial charge in [-0.3, -0.25) is 20.0 Å². The minimum absolute atomic E-state index is 0.204. The summed E-state index contributed by atoms with van der Waals surface area (Å²) in [5.74, 6) is -0.484. The van der Waals surface area contributed by atoms with E-state index in [1.807, 2.05) is 79.7 Å². The highest BCUT2D eigenvalue weighted by atomic mass is 16.5. The molecule has 3 aromatic rings. The molecule has 0 saturated carbocycles. The van der Waals surface area contributed by atoms with Crippen LogP contribution in [0, 0.1) is 12.1 Å². The Balaban J connectivity index is 1.64. The molecule has 0 aromatic heterocycles. The molecule has 1 aliphatic rings. The average molecular weight is 528 g/mol. The second-order valence-corrected chi connectivity index (χ2v) is 9.80. The number of nitrogens with one attached hydrogen (secondary N) is 3. The first-order chi connectivity index (χ1) is 19.0. The number of rotatable bonds is 10. The molecule has 0 bridgehead atoms. The monoisotopic (exact) mass is 527 g/mol. The first-order valence-corrected chi connectivity index (χ1v) is 13.6. The molecule has 8 heteroatoms. The third-order valence-corrected chi connectivity index (χ3v) is 6.84. The van der Waals surface area contributed by atoms with Crippen LogP contribution in [0.4, 0.5) is 16.2 Å². The number of anilines is 2. The fourth-order valence-corrected chi connectivity index (χ4v) is 4.89. The van der Waals surface area contributed by atoms with Crippen LogP contribution in [0.25, 0.3) is 0 Å². The molecule has 8 nitrogen and oxygen atoms in total. The number of para-hydroxylation sites is 1. The summed E-state index contributed by atoms with van der Waals surface area (Å²) in [5.41, 5.74) is 3.69. The van der Waals surface area contributed by atoms with Crippen LogP contribution in [-0.4, -0.2) is 37.4 Å². The van der Waals surface area contributed by atoms with E-state index < -0.39 is 24.1 Å². The fourth-order valence-electron chi connectivity index (χ4n) is 4.89. The highest BCUT2D eigenvalue weighted by Gasteiger charge is 2.42. The lowest BCUT2D eigenvalue weighted by Crippen LogP contribution is -3.15. The molecule has 3 N–H and O–H groups in total. The number of quaternary nitrogens is 1. The van der Waals surface area contributed by atoms with E-state index in [0.29, 0.717) is 17.9 Å². The van der Waals surface area contributed by atoms with Crippen molar-refractivity contribution in [3.05, 3.63) is 101 Å². The Morgan fingerprint density at radius 3 is 2.56 bits per heavy atom. The lowest BCUT2D eigenvalue weighted by Gasteiger charge is -2.35. The third kappa shape index (κ3) is 7.10. The molecule has 0 radical (unpaired) electrons. The van der Waals surface area contributed by atoms with Crippen LogP contribution in [-0.2, 0) is 4.79 Å². The topological polar surface area (TPSA) is 101 Å². The molecule has 3 unspecified atom stereocenters. The number of fused-ring (bicyclic) bond motifs is 1. The van der Waals surface area contributed by atoms with Gasteiger partial charge in [0.1, 0.15) is 6.04 Å². The number of nitrogens with zero attached hydrogens (tertiary/aromatic N) is 2. The van der Waals surface area contributed by atoms with Gasteiger partial charge in [0.05, 0.1) is 12.2 Å². The zero-order chi connectivity index (χ0) is 27.6. The van der Waals surface area contributed by atoms with Crippen molar-refractivity contribution in [2.24, 2.45) is 4.99 Å². The summed E-state index contributed by atoms with van der Waals surface area (Å²) in [4.78, 5) is 33.1. The maximum absolute atomic E-state index is 14.1. The number of aliphatic imine (C=N–C) groups is 1. The van der Waals surface area contributed by atoms with Crippen LogP contribution in [0.5, 0.6) is 0 Å². The van der Waals surface area contributed by atoms with Crippen LogP contribution in [0.2, 0.25) is 0 Å². The molecule has 3 atom stereocenters. The molecule has 0 fully saturated rings. The van der Waals surface area contributed by atoms with Gasteiger partial charge in [-0.05, 0) is 37.1 Å². The second-order valence-electron chi connectivity index (χ2n) is 9.80. The van der Waals surface area contributed by atoms with Crippen LogP contribution < -0.4 is 20.6 Å². The molecule has 3 aromatic carbocycles. The molecule has 0 saturated heterocycles. The first kappa shape index (κ1) is 28.0. The first-order valence-electron chi connectivity index (χ1n) is 13.6. The summed E-state index contributed by atoms with van der Waals surface area (Å²) in [6, 6.07) is 22.8. The van der Waals surface area contributed by atoms with Gasteiger partial charge >= 0.3 is 11.9 Å². The zero-order valence-corrected chi connectivity index (χ0v) is 22.6. The summed E-state index contributed by atoms with van der Waals surface area (Å²) in [6.07, 6.45) is 4.81. The van der Waals surface area contributed by atoms with Crippen molar-refractivity contribution >= 4 is 29.5 Å². The van der Waals surface area contributed by atoms with E-state index in [4.69, 9.17) is 0 Å². The molecule has 204 valence electrons. The van der Waals surface area contributed by atoms with Gasteiger partial charge in [-0.25, -0.2) is 4.79 Å². The van der Waals surface area contributed by atoms with Crippen LogP contribution in [0.15, 0.2) is 83.9 Å². The zero-order valence-electron chi connectivity index (χ0n) is 22.6. The Morgan fingerprint density at radius 2 is 1.79 bits per heavy atom. The number of hydrogen-bond donors (Lipinski definition) is 3. The second kappa shape index (κ2) is 13.7. The van der Waals surface area contributed by atoms with Crippen molar-refractivity contribution in [3.8, 4) is 0 Å². The van der Waals surface area contributed by atoms with Gasteiger partial charge < -0.3 is 15.6 Å². The molecule has 1 heterocycles. The van der Waals surface area contributed by atoms with Crippen molar-refractivity contribution in [2.75, 3.05) is 23.3 Å². The molecule has 1 aliphatic heterocycles. The minimum Gasteiger partial charge on any atom is -0.632 e. The molecule has 0 spiro atoms. The predicted octanol–water partition coefficient (Wildman–Crippen LogP) is 4.61. The summed E-state index contributed by atoms with van der Waals surface area (Å²) in [7, 11) is 0. The number of urea groups is 1. The Kier molecular flexibility index (Phi) is 9.83. The van der Waals surface area contributed by atoms with Crippen LogP contribution in [0.3, 0.4) is 0 Å². The van der Waals surface area contributed by atoms with E-state index in [1.165, 1.54) is 6.42 Å². The largest absolute Gasteiger partial charge is 0.632 e. The molecular weight excluding hydrogens is 490 g/mol. The number of hydrogen-bond acceptors (Lipinski definition) is 4. The van der Waals surface area contributed by atoms with E-state index in [2.05, 4.69) is 22.5 Å². The smallest absolute Gasteiger partial charge is 0.324 e. The molecule has 3 amide bonds. The number of amides is 3. The maximum atomic E-state index is 14.1. The van der Waals surface area contributed by atoms with Crippen molar-refractivity contribution in [2.45, 2.75) is 51.7 Å². The number of hydroxylamine groups is 2. The summed E-state index contributed by atoms with van der Waals surface area (Å²) >= 11 is 0. The lowest BCUT2D eigenvalue weighted by atomic mass is 9.97. The Hall–Kier alpha value is -4.01. The number of aryl methyl sites for hydroxylation is 1. The molecule has 39 heavy (non-hydrogen) atoms. The Bertz CT molecular complexity index is 1280. The van der Waals surface area contributed by atoms with Gasteiger partial charge in [0, 0.05) is 29.6 Å². The van der Waals surface area contributed by atoms with Gasteiger partial charge in [-0.1, -0.05) is 86.8 Å². The summed E-state index contributed by atoms with van der Waals surface area (Å²) < 4.78 is 0. The van der Waals surface area contributed by atoms with E-state index in [9.17, 15) is 14.8 Å². The summed E-state index contributed by atoms with van der Waals surface area (Å²) in [5, 5.41) is 19.1. The SMILES string of the molecule is CCCCCCN=CCN1C(=O)C(NC(=O)Nc2cccc(C)c2)[NH+]([O-])C(c2ccccc2)c2ccccc21. The molecule has 4 rings (SSSR count). The van der Waals surface area contributed by atoms with Crippen LogP contribution >= 0.6 is 0 Å². The molecule has 0 aliphatic carbocycles. The van der Waals surface area contributed by atoms with E-state index >= 15 is 0 Å². The number of benzene rings is 3.